The van der Waals surface area contributed by atoms with E-state index in [1.54, 1.807) is 0 Å². The summed E-state index contributed by atoms with van der Waals surface area (Å²) in [6.07, 6.45) is 8.88. The molecular formula is C14H30N2O. The first-order valence-corrected chi connectivity index (χ1v) is 7.36. The van der Waals surface area contributed by atoms with Gasteiger partial charge in [-0.1, -0.05) is 32.6 Å². The van der Waals surface area contributed by atoms with Gasteiger partial charge in [-0.25, -0.2) is 0 Å². The van der Waals surface area contributed by atoms with Crippen molar-refractivity contribution in [1.82, 2.24) is 4.90 Å². The van der Waals surface area contributed by atoms with Gasteiger partial charge in [-0.2, -0.15) is 0 Å². The van der Waals surface area contributed by atoms with Gasteiger partial charge in [0.25, 0.3) is 0 Å². The molecule has 3 nitrogen and oxygen atoms in total. The topological polar surface area (TPSA) is 49.5 Å². The summed E-state index contributed by atoms with van der Waals surface area (Å²) in [6.45, 7) is 5.49. The molecule has 17 heavy (non-hydrogen) atoms. The van der Waals surface area contributed by atoms with Gasteiger partial charge in [0, 0.05) is 19.1 Å². The highest BCUT2D eigenvalue weighted by molar-refractivity contribution is 4.79. The lowest BCUT2D eigenvalue weighted by Crippen LogP contribution is -2.40. The molecule has 0 aromatic heterocycles. The van der Waals surface area contributed by atoms with Crippen molar-refractivity contribution in [1.29, 1.82) is 0 Å². The quantitative estimate of drug-likeness (QED) is 0.671. The van der Waals surface area contributed by atoms with Gasteiger partial charge >= 0.3 is 0 Å². The fourth-order valence-corrected chi connectivity index (χ4v) is 2.79. The Kier molecular flexibility index (Phi) is 7.82. The highest BCUT2D eigenvalue weighted by Gasteiger charge is 2.22. The summed E-state index contributed by atoms with van der Waals surface area (Å²) in [5, 5.41) is 9.11. The molecule has 102 valence electrons. The molecule has 0 amide bonds. The van der Waals surface area contributed by atoms with Crippen molar-refractivity contribution in [3.05, 3.63) is 0 Å². The van der Waals surface area contributed by atoms with Gasteiger partial charge in [-0.15, -0.1) is 0 Å². The number of hydrogen-bond acceptors (Lipinski definition) is 3. The standard InChI is InChI=1S/C14H30N2O/c1-2-3-9-16(10-11-17)12-13-7-5-4-6-8-14(13)15/h13-14,17H,2-12,15H2,1H3. The Balaban J connectivity index is 2.39. The zero-order valence-electron chi connectivity index (χ0n) is 11.4. The van der Waals surface area contributed by atoms with Crippen molar-refractivity contribution in [2.75, 3.05) is 26.2 Å². The van der Waals surface area contributed by atoms with Gasteiger partial charge in [0.15, 0.2) is 0 Å². The zero-order valence-corrected chi connectivity index (χ0v) is 11.4. The van der Waals surface area contributed by atoms with Crippen molar-refractivity contribution in [2.45, 2.75) is 57.9 Å². The van der Waals surface area contributed by atoms with Gasteiger partial charge in [0.05, 0.1) is 6.61 Å². The van der Waals surface area contributed by atoms with Crippen LogP contribution in [-0.2, 0) is 0 Å². The molecule has 0 aromatic carbocycles. The first kappa shape index (κ1) is 14.9. The van der Waals surface area contributed by atoms with Crippen molar-refractivity contribution in [3.8, 4) is 0 Å². The number of rotatable bonds is 7. The minimum absolute atomic E-state index is 0.270. The van der Waals surface area contributed by atoms with Crippen LogP contribution in [0.25, 0.3) is 0 Å². The Bertz CT molecular complexity index is 187. The maximum Gasteiger partial charge on any atom is 0.0558 e. The van der Waals surface area contributed by atoms with E-state index in [2.05, 4.69) is 11.8 Å². The number of hydrogen-bond donors (Lipinski definition) is 2. The Morgan fingerprint density at radius 1 is 1.18 bits per heavy atom. The third kappa shape index (κ3) is 5.84. The van der Waals surface area contributed by atoms with Gasteiger partial charge < -0.3 is 15.7 Å². The molecule has 2 unspecified atom stereocenters. The molecule has 0 aromatic rings. The van der Waals surface area contributed by atoms with Crippen LogP contribution in [0.15, 0.2) is 0 Å². The lowest BCUT2D eigenvalue weighted by atomic mass is 9.95. The summed E-state index contributed by atoms with van der Waals surface area (Å²) < 4.78 is 0. The lowest BCUT2D eigenvalue weighted by Gasteiger charge is -2.29. The Morgan fingerprint density at radius 2 is 1.94 bits per heavy atom. The second-order valence-corrected chi connectivity index (χ2v) is 5.44. The molecule has 2 atom stereocenters. The van der Waals surface area contributed by atoms with E-state index < -0.39 is 0 Å². The van der Waals surface area contributed by atoms with Crippen LogP contribution in [0.4, 0.5) is 0 Å². The number of nitrogens with zero attached hydrogens (tertiary/aromatic N) is 1. The van der Waals surface area contributed by atoms with Crippen LogP contribution in [0.3, 0.4) is 0 Å². The molecule has 0 spiro atoms. The van der Waals surface area contributed by atoms with E-state index in [-0.39, 0.29) is 6.61 Å². The third-order valence-corrected chi connectivity index (χ3v) is 3.95. The molecule has 0 bridgehead atoms. The van der Waals surface area contributed by atoms with Crippen molar-refractivity contribution in [2.24, 2.45) is 11.7 Å². The molecule has 1 saturated carbocycles. The minimum Gasteiger partial charge on any atom is -0.395 e. The molecule has 0 saturated heterocycles. The van der Waals surface area contributed by atoms with Gasteiger partial charge in [-0.3, -0.25) is 0 Å². The molecule has 3 heteroatoms. The molecule has 0 radical (unpaired) electrons. The van der Waals surface area contributed by atoms with E-state index in [4.69, 9.17) is 10.8 Å². The largest absolute Gasteiger partial charge is 0.395 e. The molecule has 1 rings (SSSR count). The van der Waals surface area contributed by atoms with Crippen LogP contribution in [0, 0.1) is 5.92 Å². The average molecular weight is 242 g/mol. The summed E-state index contributed by atoms with van der Waals surface area (Å²) >= 11 is 0. The predicted octanol–water partition coefficient (Wildman–Crippen LogP) is 1.99. The molecule has 1 fully saturated rings. The third-order valence-electron chi connectivity index (χ3n) is 3.95. The summed E-state index contributed by atoms with van der Waals surface area (Å²) in [5.41, 5.74) is 6.26. The van der Waals surface area contributed by atoms with Crippen molar-refractivity contribution < 1.29 is 5.11 Å². The summed E-state index contributed by atoms with van der Waals surface area (Å²) in [7, 11) is 0. The van der Waals surface area contributed by atoms with Crippen LogP contribution < -0.4 is 5.73 Å². The van der Waals surface area contributed by atoms with Crippen molar-refractivity contribution in [3.63, 3.8) is 0 Å². The lowest BCUT2D eigenvalue weighted by molar-refractivity contribution is 0.161. The SMILES string of the molecule is CCCCN(CCO)CC1CCCCCC1N. The van der Waals surface area contributed by atoms with E-state index in [0.717, 1.165) is 19.6 Å². The van der Waals surface area contributed by atoms with Gasteiger partial charge in [-0.05, 0) is 31.7 Å². The monoisotopic (exact) mass is 242 g/mol. The maximum absolute atomic E-state index is 9.11. The predicted molar refractivity (Wildman–Crippen MR) is 73.0 cm³/mol. The van der Waals surface area contributed by atoms with Crippen LogP contribution in [-0.4, -0.2) is 42.3 Å². The molecule has 0 aliphatic heterocycles. The summed E-state index contributed by atoms with van der Waals surface area (Å²) in [4.78, 5) is 2.40. The number of aliphatic hydroxyl groups is 1. The van der Waals surface area contributed by atoms with Gasteiger partial charge in [0.2, 0.25) is 0 Å². The van der Waals surface area contributed by atoms with E-state index in [1.807, 2.05) is 0 Å². The van der Waals surface area contributed by atoms with E-state index >= 15 is 0 Å². The van der Waals surface area contributed by atoms with Crippen LogP contribution in [0.5, 0.6) is 0 Å². The Morgan fingerprint density at radius 3 is 2.65 bits per heavy atom. The fraction of sp³-hybridized carbons (Fsp3) is 1.00. The highest BCUT2D eigenvalue weighted by Crippen LogP contribution is 2.23. The Labute approximate surface area is 106 Å². The number of unbranched alkanes of at least 4 members (excludes halogenated alkanes) is 1. The maximum atomic E-state index is 9.11. The summed E-state index contributed by atoms with van der Waals surface area (Å²) in [5.74, 6) is 0.640. The van der Waals surface area contributed by atoms with Crippen LogP contribution in [0.1, 0.15) is 51.9 Å². The molecular weight excluding hydrogens is 212 g/mol. The second-order valence-electron chi connectivity index (χ2n) is 5.44. The second kappa shape index (κ2) is 8.90. The zero-order chi connectivity index (χ0) is 12.5. The van der Waals surface area contributed by atoms with Crippen molar-refractivity contribution >= 4 is 0 Å². The fourth-order valence-electron chi connectivity index (χ4n) is 2.79. The first-order valence-electron chi connectivity index (χ1n) is 7.36. The minimum atomic E-state index is 0.270. The molecule has 3 N–H and O–H groups in total. The van der Waals surface area contributed by atoms with E-state index in [1.165, 1.54) is 44.9 Å². The van der Waals surface area contributed by atoms with E-state index in [9.17, 15) is 0 Å². The van der Waals surface area contributed by atoms with E-state index in [0.29, 0.717) is 12.0 Å². The Hall–Kier alpha value is -0.120. The average Bonchev–Trinajstić information content (AvgIpc) is 2.52. The van der Waals surface area contributed by atoms with Crippen LogP contribution in [0.2, 0.25) is 0 Å². The number of nitrogens with two attached hydrogens (primary N) is 1. The highest BCUT2D eigenvalue weighted by atomic mass is 16.3. The smallest absolute Gasteiger partial charge is 0.0558 e. The molecule has 1 aliphatic carbocycles. The first-order chi connectivity index (χ1) is 8.27. The molecule has 0 heterocycles. The normalized spacial score (nSPS) is 26.1. The molecule has 1 aliphatic rings. The number of aliphatic hydroxyl groups excluding tert-OH is 1. The summed E-state index contributed by atoms with van der Waals surface area (Å²) in [6, 6.07) is 0.375. The van der Waals surface area contributed by atoms with Crippen LogP contribution >= 0.6 is 0 Å². The van der Waals surface area contributed by atoms with Gasteiger partial charge in [0.1, 0.15) is 0 Å².